The fourth-order valence-electron chi connectivity index (χ4n) is 2.41. The Hall–Kier alpha value is -1.49. The Labute approximate surface area is 123 Å². The maximum Gasteiger partial charge on any atom is 0.242 e. The highest BCUT2D eigenvalue weighted by Crippen LogP contribution is 2.41. The van der Waals surface area contributed by atoms with Gasteiger partial charge in [0.25, 0.3) is 0 Å². The molecule has 0 radical (unpaired) electrons. The van der Waals surface area contributed by atoms with Gasteiger partial charge in [-0.05, 0) is 31.9 Å². The van der Waals surface area contributed by atoms with Crippen LogP contribution in [0.25, 0.3) is 0 Å². The van der Waals surface area contributed by atoms with Gasteiger partial charge in [-0.25, -0.2) is 0 Å². The van der Waals surface area contributed by atoms with E-state index in [9.17, 15) is 9.59 Å². The van der Waals surface area contributed by atoms with Crippen LogP contribution >= 0.6 is 11.8 Å². The number of benzene rings is 1. The lowest BCUT2D eigenvalue weighted by molar-refractivity contribution is -0.137. The summed E-state index contributed by atoms with van der Waals surface area (Å²) in [6.07, 6.45) is 0. The van der Waals surface area contributed by atoms with Crippen LogP contribution in [0.2, 0.25) is 0 Å². The van der Waals surface area contributed by atoms with Crippen LogP contribution in [0.3, 0.4) is 0 Å². The number of nitrogens with zero attached hydrogens (tertiary/aromatic N) is 1. The molecule has 1 aromatic carbocycles. The van der Waals surface area contributed by atoms with Crippen molar-refractivity contribution in [3.05, 3.63) is 35.4 Å². The lowest BCUT2D eigenvalue weighted by Gasteiger charge is -2.30. The van der Waals surface area contributed by atoms with Crippen molar-refractivity contribution >= 4 is 23.6 Å². The quantitative estimate of drug-likeness (QED) is 0.924. The van der Waals surface area contributed by atoms with Crippen molar-refractivity contribution in [3.8, 4) is 0 Å². The Morgan fingerprint density at radius 1 is 1.50 bits per heavy atom. The van der Waals surface area contributed by atoms with Gasteiger partial charge in [0.15, 0.2) is 0 Å². The number of rotatable bonds is 4. The second-order valence-electron chi connectivity index (χ2n) is 4.89. The third kappa shape index (κ3) is 2.82. The Balaban J connectivity index is 2.27. The van der Waals surface area contributed by atoms with Crippen LogP contribution in [-0.2, 0) is 9.59 Å². The van der Waals surface area contributed by atoms with Crippen LogP contribution in [0, 0.1) is 6.92 Å². The Morgan fingerprint density at radius 2 is 2.20 bits per heavy atom. The Bertz CT molecular complexity index is 518. The van der Waals surface area contributed by atoms with Crippen molar-refractivity contribution in [1.82, 2.24) is 10.2 Å². The van der Waals surface area contributed by atoms with Gasteiger partial charge in [-0.3, -0.25) is 9.59 Å². The van der Waals surface area contributed by atoms with E-state index < -0.39 is 6.04 Å². The summed E-state index contributed by atoms with van der Waals surface area (Å²) in [6, 6.07) is 7.58. The number of aryl methyl sites for hydroxylation is 1. The number of likely N-dealkylation sites (N-methyl/N-ethyl adjacent to an activating group) is 1. The van der Waals surface area contributed by atoms with Gasteiger partial charge in [0.2, 0.25) is 11.8 Å². The van der Waals surface area contributed by atoms with E-state index in [0.29, 0.717) is 12.3 Å². The van der Waals surface area contributed by atoms with Crippen LogP contribution in [0.15, 0.2) is 24.3 Å². The Kier molecular flexibility index (Phi) is 4.70. The maximum atomic E-state index is 12.1. The number of carbonyl (C=O) groups is 2. The molecule has 1 fully saturated rings. The molecule has 108 valence electrons. The van der Waals surface area contributed by atoms with Crippen molar-refractivity contribution in [2.75, 3.05) is 12.3 Å². The smallest absolute Gasteiger partial charge is 0.242 e. The molecule has 0 unspecified atom stereocenters. The molecular weight excluding hydrogens is 272 g/mol. The van der Waals surface area contributed by atoms with Crippen molar-refractivity contribution in [2.45, 2.75) is 32.2 Å². The number of hydrogen-bond donors (Lipinski definition) is 1. The van der Waals surface area contributed by atoms with E-state index in [2.05, 4.69) is 5.32 Å². The summed E-state index contributed by atoms with van der Waals surface area (Å²) in [7, 11) is 0. The largest absolute Gasteiger partial charge is 0.355 e. The molecule has 5 heteroatoms. The summed E-state index contributed by atoms with van der Waals surface area (Å²) in [5.74, 6) is 0.367. The molecule has 4 nitrogen and oxygen atoms in total. The van der Waals surface area contributed by atoms with Gasteiger partial charge in [0, 0.05) is 6.54 Å². The van der Waals surface area contributed by atoms with Gasteiger partial charge in [-0.1, -0.05) is 24.3 Å². The number of amides is 2. The average molecular weight is 292 g/mol. The minimum atomic E-state index is -0.443. The standard InChI is InChI=1S/C15H20N2O2S/c1-4-16-14(19)11(3)17-13(18)9-20-15(17)12-8-6-5-7-10(12)2/h5-8,11,15H,4,9H2,1-3H3,(H,16,19)/t11-,15+/m1/s1. The summed E-state index contributed by atoms with van der Waals surface area (Å²) in [4.78, 5) is 25.9. The maximum absolute atomic E-state index is 12.1. The molecule has 2 amide bonds. The zero-order valence-electron chi connectivity index (χ0n) is 12.1. The van der Waals surface area contributed by atoms with E-state index in [-0.39, 0.29) is 17.2 Å². The highest BCUT2D eigenvalue weighted by atomic mass is 32.2. The summed E-state index contributed by atoms with van der Waals surface area (Å²) in [6.45, 7) is 6.28. The number of nitrogens with one attached hydrogen (secondary N) is 1. The van der Waals surface area contributed by atoms with Crippen LogP contribution in [-0.4, -0.2) is 35.1 Å². The first-order valence-electron chi connectivity index (χ1n) is 6.82. The molecule has 0 aromatic heterocycles. The molecule has 2 atom stereocenters. The van der Waals surface area contributed by atoms with Crippen molar-refractivity contribution in [2.24, 2.45) is 0 Å². The molecule has 1 saturated heterocycles. The summed E-state index contributed by atoms with van der Waals surface area (Å²) in [5, 5.41) is 2.72. The lowest BCUT2D eigenvalue weighted by Crippen LogP contribution is -2.46. The molecule has 0 bridgehead atoms. The fraction of sp³-hybridized carbons (Fsp3) is 0.467. The minimum absolute atomic E-state index is 0.0296. The monoisotopic (exact) mass is 292 g/mol. The Morgan fingerprint density at radius 3 is 2.85 bits per heavy atom. The first kappa shape index (κ1) is 14.9. The fourth-order valence-corrected chi connectivity index (χ4v) is 3.76. The van der Waals surface area contributed by atoms with Crippen molar-refractivity contribution < 1.29 is 9.59 Å². The van der Waals surface area contributed by atoms with Crippen molar-refractivity contribution in [3.63, 3.8) is 0 Å². The second-order valence-corrected chi connectivity index (χ2v) is 5.96. The van der Waals surface area contributed by atoms with Gasteiger partial charge in [0.05, 0.1) is 5.75 Å². The predicted molar refractivity (Wildman–Crippen MR) is 81.4 cm³/mol. The topological polar surface area (TPSA) is 49.4 Å². The first-order chi connectivity index (χ1) is 9.56. The van der Waals surface area contributed by atoms with Crippen LogP contribution in [0.4, 0.5) is 0 Å². The molecule has 0 spiro atoms. The second kappa shape index (κ2) is 6.31. The first-order valence-corrected chi connectivity index (χ1v) is 7.87. The summed E-state index contributed by atoms with van der Waals surface area (Å²) in [5.41, 5.74) is 2.26. The molecule has 1 aliphatic heterocycles. The zero-order chi connectivity index (χ0) is 14.7. The highest BCUT2D eigenvalue weighted by Gasteiger charge is 2.38. The normalized spacial score (nSPS) is 20.1. The van der Waals surface area contributed by atoms with E-state index in [0.717, 1.165) is 11.1 Å². The van der Waals surface area contributed by atoms with E-state index in [1.54, 1.807) is 23.6 Å². The number of carbonyl (C=O) groups excluding carboxylic acids is 2. The molecule has 0 aliphatic carbocycles. The van der Waals surface area contributed by atoms with Gasteiger partial charge in [-0.15, -0.1) is 11.8 Å². The van der Waals surface area contributed by atoms with Gasteiger partial charge < -0.3 is 10.2 Å². The highest BCUT2D eigenvalue weighted by molar-refractivity contribution is 8.00. The number of thioether (sulfide) groups is 1. The van der Waals surface area contributed by atoms with Crippen LogP contribution < -0.4 is 5.32 Å². The molecule has 20 heavy (non-hydrogen) atoms. The zero-order valence-corrected chi connectivity index (χ0v) is 12.9. The van der Waals surface area contributed by atoms with Gasteiger partial charge >= 0.3 is 0 Å². The van der Waals surface area contributed by atoms with E-state index in [1.807, 2.05) is 38.1 Å². The molecule has 1 N–H and O–H groups in total. The average Bonchev–Trinajstić information content (AvgIpc) is 2.80. The molecule has 1 aromatic rings. The molecule has 0 saturated carbocycles. The molecule has 1 aliphatic rings. The van der Waals surface area contributed by atoms with E-state index in [1.165, 1.54) is 0 Å². The van der Waals surface area contributed by atoms with E-state index >= 15 is 0 Å². The van der Waals surface area contributed by atoms with E-state index in [4.69, 9.17) is 0 Å². The molecular formula is C15H20N2O2S. The number of hydrogen-bond acceptors (Lipinski definition) is 3. The minimum Gasteiger partial charge on any atom is -0.355 e. The van der Waals surface area contributed by atoms with Crippen LogP contribution in [0.1, 0.15) is 30.3 Å². The molecule has 2 rings (SSSR count). The SMILES string of the molecule is CCNC(=O)[C@@H](C)N1C(=O)CS[C@H]1c1ccccc1C. The predicted octanol–water partition coefficient (Wildman–Crippen LogP) is 2.09. The molecule has 1 heterocycles. The summed E-state index contributed by atoms with van der Waals surface area (Å²) >= 11 is 1.59. The van der Waals surface area contributed by atoms with Gasteiger partial charge in [0.1, 0.15) is 11.4 Å². The third-order valence-electron chi connectivity index (χ3n) is 3.51. The van der Waals surface area contributed by atoms with Crippen LogP contribution in [0.5, 0.6) is 0 Å². The summed E-state index contributed by atoms with van der Waals surface area (Å²) < 4.78 is 0. The van der Waals surface area contributed by atoms with Crippen molar-refractivity contribution in [1.29, 1.82) is 0 Å². The lowest BCUT2D eigenvalue weighted by atomic mass is 10.1. The van der Waals surface area contributed by atoms with Gasteiger partial charge in [-0.2, -0.15) is 0 Å². The third-order valence-corrected chi connectivity index (χ3v) is 4.72.